The minimum atomic E-state index is 0.954. The standard InChI is InChI=1S/C29H38N2/c1-5-8-11-17-25-19-13-15-22-28(25)30-24(4)27(21-10-7-3)31-29-23-16-14-20-26(29)18-12-9-6-2/h5-6,8-9,13-16,19-20,22-23H,7,10-12,17-18,21H2,1-4H3/b8-5+,9-6+,30-24?,31-27?. The summed E-state index contributed by atoms with van der Waals surface area (Å²) in [5, 5.41) is 0. The largest absolute Gasteiger partial charge is 0.252 e. The minimum absolute atomic E-state index is 0.954. The van der Waals surface area contributed by atoms with Gasteiger partial charge >= 0.3 is 0 Å². The van der Waals surface area contributed by atoms with Crippen molar-refractivity contribution in [3.63, 3.8) is 0 Å². The van der Waals surface area contributed by atoms with Crippen molar-refractivity contribution in [2.75, 3.05) is 0 Å². The van der Waals surface area contributed by atoms with Crippen LogP contribution in [0, 0.1) is 0 Å². The Bertz CT molecular complexity index is 916. The molecule has 2 nitrogen and oxygen atoms in total. The molecule has 0 aliphatic carbocycles. The Morgan fingerprint density at radius 3 is 1.81 bits per heavy atom. The number of unbranched alkanes of at least 4 members (excludes halogenated alkanes) is 1. The fraction of sp³-hybridized carbons (Fsp3) is 0.379. The molecule has 0 heterocycles. The fourth-order valence-corrected chi connectivity index (χ4v) is 3.53. The number of hydrogen-bond acceptors (Lipinski definition) is 2. The van der Waals surface area contributed by atoms with Gasteiger partial charge in [-0.15, -0.1) is 0 Å². The van der Waals surface area contributed by atoms with Gasteiger partial charge in [-0.3, -0.25) is 9.98 Å². The summed E-state index contributed by atoms with van der Waals surface area (Å²) in [6.45, 7) is 8.48. The molecule has 0 aromatic heterocycles. The second kappa shape index (κ2) is 14.3. The molecule has 0 saturated carbocycles. The van der Waals surface area contributed by atoms with Gasteiger partial charge in [-0.2, -0.15) is 0 Å². The van der Waals surface area contributed by atoms with Gasteiger partial charge < -0.3 is 0 Å². The second-order valence-electron chi connectivity index (χ2n) is 7.83. The average molecular weight is 415 g/mol. The molecule has 0 amide bonds. The van der Waals surface area contributed by atoms with Gasteiger partial charge in [0.15, 0.2) is 0 Å². The first-order chi connectivity index (χ1) is 15.2. The molecule has 2 aromatic carbocycles. The number of rotatable bonds is 12. The lowest BCUT2D eigenvalue weighted by molar-refractivity contribution is 0.838. The van der Waals surface area contributed by atoms with E-state index in [1.54, 1.807) is 0 Å². The molecule has 0 N–H and O–H groups in total. The van der Waals surface area contributed by atoms with Crippen LogP contribution in [0.4, 0.5) is 11.4 Å². The quantitative estimate of drug-likeness (QED) is 0.245. The van der Waals surface area contributed by atoms with Crippen LogP contribution in [-0.2, 0) is 12.8 Å². The lowest BCUT2D eigenvalue weighted by Crippen LogP contribution is -2.10. The first-order valence-electron chi connectivity index (χ1n) is 11.7. The molecule has 0 spiro atoms. The van der Waals surface area contributed by atoms with Crippen molar-refractivity contribution in [3.05, 3.63) is 84.0 Å². The third-order valence-electron chi connectivity index (χ3n) is 5.34. The van der Waals surface area contributed by atoms with Crippen LogP contribution >= 0.6 is 0 Å². The minimum Gasteiger partial charge on any atom is -0.252 e. The molecule has 31 heavy (non-hydrogen) atoms. The SMILES string of the molecule is C/C=C/CCc1ccccc1N=C(C)C(CCCC)=Nc1ccccc1CC/C=C/C. The Hall–Kier alpha value is -2.74. The summed E-state index contributed by atoms with van der Waals surface area (Å²) in [7, 11) is 0. The predicted octanol–water partition coefficient (Wildman–Crippen LogP) is 8.76. The molecule has 2 rings (SSSR count). The molecule has 164 valence electrons. The van der Waals surface area contributed by atoms with Crippen LogP contribution in [-0.4, -0.2) is 11.4 Å². The van der Waals surface area contributed by atoms with E-state index in [1.807, 2.05) is 0 Å². The van der Waals surface area contributed by atoms with Crippen molar-refractivity contribution in [1.29, 1.82) is 0 Å². The lowest BCUT2D eigenvalue weighted by atomic mass is 10.0. The maximum Gasteiger partial charge on any atom is 0.0665 e. The summed E-state index contributed by atoms with van der Waals surface area (Å²) >= 11 is 0. The van der Waals surface area contributed by atoms with Gasteiger partial charge in [0.25, 0.3) is 0 Å². The molecule has 2 aromatic rings. The van der Waals surface area contributed by atoms with E-state index in [9.17, 15) is 0 Å². The van der Waals surface area contributed by atoms with E-state index in [-0.39, 0.29) is 0 Å². The highest BCUT2D eigenvalue weighted by atomic mass is 14.8. The summed E-state index contributed by atoms with van der Waals surface area (Å²) in [4.78, 5) is 10.2. The van der Waals surface area contributed by atoms with E-state index in [4.69, 9.17) is 9.98 Å². The van der Waals surface area contributed by atoms with E-state index in [0.29, 0.717) is 0 Å². The van der Waals surface area contributed by atoms with E-state index in [1.165, 1.54) is 11.1 Å². The van der Waals surface area contributed by atoms with Gasteiger partial charge in [-0.05, 0) is 82.6 Å². The first-order valence-corrected chi connectivity index (χ1v) is 11.7. The van der Waals surface area contributed by atoms with Crippen LogP contribution in [0.5, 0.6) is 0 Å². The Morgan fingerprint density at radius 1 is 0.774 bits per heavy atom. The van der Waals surface area contributed by atoms with Gasteiger partial charge in [0.05, 0.1) is 22.8 Å². The summed E-state index contributed by atoms with van der Waals surface area (Å²) in [6, 6.07) is 17.0. The molecular weight excluding hydrogens is 376 g/mol. The van der Waals surface area contributed by atoms with Gasteiger partial charge in [-0.25, -0.2) is 0 Å². The number of aliphatic imine (C=N–C) groups is 2. The lowest BCUT2D eigenvalue weighted by Gasteiger charge is -2.11. The zero-order valence-electron chi connectivity index (χ0n) is 19.8. The summed E-state index contributed by atoms with van der Waals surface area (Å²) < 4.78 is 0. The normalized spacial score (nSPS) is 12.9. The van der Waals surface area contributed by atoms with Crippen molar-refractivity contribution in [2.45, 2.75) is 72.6 Å². The molecular formula is C29H38N2. The number of allylic oxidation sites excluding steroid dienone is 4. The van der Waals surface area contributed by atoms with Crippen molar-refractivity contribution < 1.29 is 0 Å². The van der Waals surface area contributed by atoms with Crippen molar-refractivity contribution in [2.24, 2.45) is 9.98 Å². The zero-order chi connectivity index (χ0) is 22.3. The summed E-state index contributed by atoms with van der Waals surface area (Å²) in [6.07, 6.45) is 16.0. The fourth-order valence-electron chi connectivity index (χ4n) is 3.53. The van der Waals surface area contributed by atoms with E-state index in [2.05, 4.69) is 101 Å². The number of nitrogens with zero attached hydrogens (tertiary/aromatic N) is 2. The molecule has 0 radical (unpaired) electrons. The van der Waals surface area contributed by atoms with Gasteiger partial charge in [0, 0.05) is 0 Å². The Balaban J connectivity index is 2.37. The van der Waals surface area contributed by atoms with E-state index < -0.39 is 0 Å². The van der Waals surface area contributed by atoms with Crippen LogP contribution in [0.1, 0.15) is 70.9 Å². The molecule has 0 atom stereocenters. The predicted molar refractivity (Wildman–Crippen MR) is 139 cm³/mol. The highest BCUT2D eigenvalue weighted by Crippen LogP contribution is 2.24. The van der Waals surface area contributed by atoms with Crippen LogP contribution in [0.3, 0.4) is 0 Å². The molecule has 0 bridgehead atoms. The third kappa shape index (κ3) is 8.49. The summed E-state index contributed by atoms with van der Waals surface area (Å²) in [5.74, 6) is 0. The molecule has 0 saturated heterocycles. The van der Waals surface area contributed by atoms with Gasteiger partial charge in [0.2, 0.25) is 0 Å². The van der Waals surface area contributed by atoms with Gasteiger partial charge in [0.1, 0.15) is 0 Å². The third-order valence-corrected chi connectivity index (χ3v) is 5.34. The van der Waals surface area contributed by atoms with Crippen LogP contribution in [0.2, 0.25) is 0 Å². The Morgan fingerprint density at radius 2 is 1.29 bits per heavy atom. The maximum absolute atomic E-state index is 5.13. The van der Waals surface area contributed by atoms with Crippen molar-refractivity contribution >= 4 is 22.8 Å². The van der Waals surface area contributed by atoms with Gasteiger partial charge in [-0.1, -0.05) is 74.0 Å². The first kappa shape index (κ1) is 24.5. The van der Waals surface area contributed by atoms with Crippen LogP contribution in [0.25, 0.3) is 0 Å². The van der Waals surface area contributed by atoms with E-state index >= 15 is 0 Å². The number of para-hydroxylation sites is 2. The Kier molecular flexibility index (Phi) is 11.3. The zero-order valence-corrected chi connectivity index (χ0v) is 19.8. The topological polar surface area (TPSA) is 24.7 Å². The highest BCUT2D eigenvalue weighted by molar-refractivity contribution is 6.42. The number of benzene rings is 2. The Labute approximate surface area is 189 Å². The van der Waals surface area contributed by atoms with Crippen LogP contribution < -0.4 is 0 Å². The second-order valence-corrected chi connectivity index (χ2v) is 7.83. The highest BCUT2D eigenvalue weighted by Gasteiger charge is 2.09. The van der Waals surface area contributed by atoms with Crippen LogP contribution in [0.15, 0.2) is 82.8 Å². The monoisotopic (exact) mass is 414 g/mol. The van der Waals surface area contributed by atoms with Crippen molar-refractivity contribution in [3.8, 4) is 0 Å². The summed E-state index contributed by atoms with van der Waals surface area (Å²) in [5.41, 5.74) is 6.86. The van der Waals surface area contributed by atoms with Crippen molar-refractivity contribution in [1.82, 2.24) is 0 Å². The average Bonchev–Trinajstić information content (AvgIpc) is 2.79. The molecule has 0 fully saturated rings. The molecule has 0 aliphatic rings. The molecule has 0 aliphatic heterocycles. The molecule has 0 unspecified atom stereocenters. The van der Waals surface area contributed by atoms with E-state index in [0.717, 1.165) is 67.7 Å². The smallest absolute Gasteiger partial charge is 0.0665 e. The number of hydrogen-bond donors (Lipinski definition) is 0. The maximum atomic E-state index is 5.13. The number of aryl methyl sites for hydroxylation is 2. The molecule has 2 heteroatoms.